The summed E-state index contributed by atoms with van der Waals surface area (Å²) >= 11 is 1.69. The SMILES string of the molecule is CSc1cccc(NCCC(N)=O)c1. The molecule has 76 valence electrons. The van der Waals surface area contributed by atoms with Gasteiger partial charge in [0.25, 0.3) is 0 Å². The van der Waals surface area contributed by atoms with E-state index < -0.39 is 0 Å². The number of primary amides is 1. The Morgan fingerprint density at radius 3 is 3.00 bits per heavy atom. The van der Waals surface area contributed by atoms with Crippen molar-refractivity contribution in [1.82, 2.24) is 0 Å². The number of hydrogen-bond donors (Lipinski definition) is 2. The van der Waals surface area contributed by atoms with Crippen molar-refractivity contribution in [3.63, 3.8) is 0 Å². The minimum absolute atomic E-state index is 0.279. The molecule has 3 nitrogen and oxygen atoms in total. The summed E-state index contributed by atoms with van der Waals surface area (Å²) in [4.78, 5) is 11.7. The normalized spacial score (nSPS) is 9.79. The topological polar surface area (TPSA) is 55.1 Å². The molecule has 1 aromatic rings. The van der Waals surface area contributed by atoms with Gasteiger partial charge in [0, 0.05) is 23.5 Å². The third-order valence-electron chi connectivity index (χ3n) is 1.77. The summed E-state index contributed by atoms with van der Waals surface area (Å²) in [6, 6.07) is 8.05. The lowest BCUT2D eigenvalue weighted by Gasteiger charge is -2.05. The second-order valence-electron chi connectivity index (χ2n) is 2.88. The number of carbonyl (C=O) groups is 1. The molecule has 1 rings (SSSR count). The molecule has 0 saturated carbocycles. The Labute approximate surface area is 88.1 Å². The van der Waals surface area contributed by atoms with Crippen LogP contribution in [0.15, 0.2) is 29.2 Å². The maximum Gasteiger partial charge on any atom is 0.219 e. The largest absolute Gasteiger partial charge is 0.384 e. The molecule has 4 heteroatoms. The Bertz CT molecular complexity index is 315. The highest BCUT2D eigenvalue weighted by Crippen LogP contribution is 2.18. The smallest absolute Gasteiger partial charge is 0.219 e. The zero-order valence-corrected chi connectivity index (χ0v) is 8.93. The van der Waals surface area contributed by atoms with Crippen molar-refractivity contribution in [1.29, 1.82) is 0 Å². The van der Waals surface area contributed by atoms with Crippen molar-refractivity contribution in [3.05, 3.63) is 24.3 Å². The molecule has 0 heterocycles. The summed E-state index contributed by atoms with van der Waals surface area (Å²) in [6.07, 6.45) is 2.39. The first-order valence-electron chi connectivity index (χ1n) is 4.38. The van der Waals surface area contributed by atoms with Crippen LogP contribution in [-0.4, -0.2) is 18.7 Å². The number of hydrogen-bond acceptors (Lipinski definition) is 3. The van der Waals surface area contributed by atoms with Crippen molar-refractivity contribution in [2.24, 2.45) is 5.73 Å². The fourth-order valence-electron chi connectivity index (χ4n) is 1.06. The second kappa shape index (κ2) is 5.54. The highest BCUT2D eigenvalue weighted by molar-refractivity contribution is 7.98. The number of rotatable bonds is 5. The number of nitrogens with one attached hydrogen (secondary N) is 1. The minimum atomic E-state index is -0.279. The van der Waals surface area contributed by atoms with E-state index in [4.69, 9.17) is 5.73 Å². The van der Waals surface area contributed by atoms with E-state index in [0.717, 1.165) is 5.69 Å². The Kier molecular flexibility index (Phi) is 4.32. The molecule has 0 saturated heterocycles. The first kappa shape index (κ1) is 10.9. The molecule has 0 atom stereocenters. The predicted octanol–water partition coefficient (Wildman–Crippen LogP) is 1.70. The Morgan fingerprint density at radius 1 is 1.57 bits per heavy atom. The number of amides is 1. The van der Waals surface area contributed by atoms with Gasteiger partial charge in [0.05, 0.1) is 0 Å². The fraction of sp³-hybridized carbons (Fsp3) is 0.300. The van der Waals surface area contributed by atoms with E-state index in [-0.39, 0.29) is 5.91 Å². The van der Waals surface area contributed by atoms with Gasteiger partial charge in [0.15, 0.2) is 0 Å². The Hall–Kier alpha value is -1.16. The monoisotopic (exact) mass is 210 g/mol. The fourth-order valence-corrected chi connectivity index (χ4v) is 1.52. The van der Waals surface area contributed by atoms with Gasteiger partial charge in [-0.2, -0.15) is 0 Å². The van der Waals surface area contributed by atoms with Gasteiger partial charge in [-0.15, -0.1) is 11.8 Å². The second-order valence-corrected chi connectivity index (χ2v) is 3.75. The molecule has 0 spiro atoms. The first-order chi connectivity index (χ1) is 6.72. The minimum Gasteiger partial charge on any atom is -0.384 e. The first-order valence-corrected chi connectivity index (χ1v) is 5.61. The number of benzene rings is 1. The summed E-state index contributed by atoms with van der Waals surface area (Å²) in [5, 5.41) is 3.14. The van der Waals surface area contributed by atoms with Crippen LogP contribution >= 0.6 is 11.8 Å². The molecule has 0 bridgehead atoms. The van der Waals surface area contributed by atoms with Crippen molar-refractivity contribution in [2.75, 3.05) is 18.1 Å². The third kappa shape index (κ3) is 3.70. The van der Waals surface area contributed by atoms with Gasteiger partial charge < -0.3 is 11.1 Å². The summed E-state index contributed by atoms with van der Waals surface area (Å²) < 4.78 is 0. The summed E-state index contributed by atoms with van der Waals surface area (Å²) in [7, 11) is 0. The van der Waals surface area contributed by atoms with Crippen molar-refractivity contribution in [3.8, 4) is 0 Å². The third-order valence-corrected chi connectivity index (χ3v) is 2.50. The van der Waals surface area contributed by atoms with Gasteiger partial charge in [0.2, 0.25) is 5.91 Å². The highest BCUT2D eigenvalue weighted by atomic mass is 32.2. The van der Waals surface area contributed by atoms with Crippen LogP contribution in [0.3, 0.4) is 0 Å². The van der Waals surface area contributed by atoms with E-state index >= 15 is 0 Å². The summed E-state index contributed by atoms with van der Waals surface area (Å²) in [5.41, 5.74) is 6.06. The van der Waals surface area contributed by atoms with Gasteiger partial charge in [-0.25, -0.2) is 0 Å². The standard InChI is InChI=1S/C10H14N2OS/c1-14-9-4-2-3-8(7-9)12-6-5-10(11)13/h2-4,7,12H,5-6H2,1H3,(H2,11,13). The van der Waals surface area contributed by atoms with Gasteiger partial charge in [-0.1, -0.05) is 6.07 Å². The van der Waals surface area contributed by atoms with Crippen molar-refractivity contribution >= 4 is 23.4 Å². The van der Waals surface area contributed by atoms with Crippen LogP contribution in [0.2, 0.25) is 0 Å². The Balaban J connectivity index is 2.46. The number of nitrogens with two attached hydrogens (primary N) is 1. The molecular formula is C10H14N2OS. The molecule has 3 N–H and O–H groups in total. The number of thioether (sulfide) groups is 1. The predicted molar refractivity (Wildman–Crippen MR) is 60.5 cm³/mol. The molecule has 0 aliphatic rings. The quantitative estimate of drug-likeness (QED) is 0.727. The zero-order valence-electron chi connectivity index (χ0n) is 8.12. The average molecular weight is 210 g/mol. The average Bonchev–Trinajstić information content (AvgIpc) is 2.18. The van der Waals surface area contributed by atoms with Gasteiger partial charge in [-0.3, -0.25) is 4.79 Å². The van der Waals surface area contributed by atoms with Gasteiger partial charge in [0.1, 0.15) is 0 Å². The highest BCUT2D eigenvalue weighted by Gasteiger charge is 1.96. The molecule has 0 aliphatic heterocycles. The Morgan fingerprint density at radius 2 is 2.36 bits per heavy atom. The molecule has 0 aromatic heterocycles. The van der Waals surface area contributed by atoms with E-state index in [1.807, 2.05) is 30.5 Å². The lowest BCUT2D eigenvalue weighted by molar-refractivity contribution is -0.117. The zero-order chi connectivity index (χ0) is 10.4. The van der Waals surface area contributed by atoms with E-state index in [9.17, 15) is 4.79 Å². The van der Waals surface area contributed by atoms with E-state index in [2.05, 4.69) is 5.32 Å². The summed E-state index contributed by atoms with van der Waals surface area (Å²) in [6.45, 7) is 0.590. The van der Waals surface area contributed by atoms with Crippen LogP contribution in [0.4, 0.5) is 5.69 Å². The van der Waals surface area contributed by atoms with Crippen LogP contribution in [0, 0.1) is 0 Å². The molecule has 1 aromatic carbocycles. The lowest BCUT2D eigenvalue weighted by atomic mass is 10.3. The van der Waals surface area contributed by atoms with Gasteiger partial charge >= 0.3 is 0 Å². The molecule has 0 fully saturated rings. The van der Waals surface area contributed by atoms with Crippen LogP contribution in [0.1, 0.15) is 6.42 Å². The van der Waals surface area contributed by atoms with E-state index in [1.165, 1.54) is 4.90 Å². The van der Waals surface area contributed by atoms with Crippen LogP contribution < -0.4 is 11.1 Å². The summed E-state index contributed by atoms with van der Waals surface area (Å²) in [5.74, 6) is -0.279. The molecule has 0 unspecified atom stereocenters. The maximum absolute atomic E-state index is 10.5. The molecule has 1 amide bonds. The lowest BCUT2D eigenvalue weighted by Crippen LogP contribution is -2.15. The number of carbonyl (C=O) groups excluding carboxylic acids is 1. The number of anilines is 1. The van der Waals surface area contributed by atoms with E-state index in [0.29, 0.717) is 13.0 Å². The maximum atomic E-state index is 10.5. The van der Waals surface area contributed by atoms with Crippen LogP contribution in [0.25, 0.3) is 0 Å². The molecular weight excluding hydrogens is 196 g/mol. The molecule has 0 aliphatic carbocycles. The van der Waals surface area contributed by atoms with Crippen molar-refractivity contribution < 1.29 is 4.79 Å². The van der Waals surface area contributed by atoms with Crippen LogP contribution in [0.5, 0.6) is 0 Å². The van der Waals surface area contributed by atoms with E-state index in [1.54, 1.807) is 11.8 Å². The molecule has 0 radical (unpaired) electrons. The van der Waals surface area contributed by atoms with Crippen LogP contribution in [-0.2, 0) is 4.79 Å². The van der Waals surface area contributed by atoms with Crippen molar-refractivity contribution in [2.45, 2.75) is 11.3 Å². The molecule has 14 heavy (non-hydrogen) atoms. The van der Waals surface area contributed by atoms with Gasteiger partial charge in [-0.05, 0) is 24.5 Å².